The maximum absolute atomic E-state index is 12.7. The summed E-state index contributed by atoms with van der Waals surface area (Å²) in [4.78, 5) is 14.7. The zero-order chi connectivity index (χ0) is 19.6. The molecule has 0 unspecified atom stereocenters. The summed E-state index contributed by atoms with van der Waals surface area (Å²) >= 11 is 0. The predicted molar refractivity (Wildman–Crippen MR) is 103 cm³/mol. The molecule has 1 aliphatic heterocycles. The molecule has 1 aromatic rings. The highest BCUT2D eigenvalue weighted by Crippen LogP contribution is 2.34. The molecule has 0 bridgehead atoms. The van der Waals surface area contributed by atoms with Crippen molar-refractivity contribution in [3.8, 4) is 11.5 Å². The fourth-order valence-electron chi connectivity index (χ4n) is 3.02. The third kappa shape index (κ3) is 6.68. The summed E-state index contributed by atoms with van der Waals surface area (Å²) in [5.41, 5.74) is 1.02. The number of amides is 1. The zero-order valence-corrected chi connectivity index (χ0v) is 16.8. The van der Waals surface area contributed by atoms with Gasteiger partial charge in [0.05, 0.1) is 25.8 Å². The standard InChI is InChI=1S/C20H32N2O5/c1-15(2)20(16-5-6-17-18(13-16)27-12-11-26-17)21-19(23)14-22(7-9-24-3)8-10-25-4/h5-6,13,15,20H,7-12,14H2,1-4H3,(H,21,23)/t20-/m0/s1. The molecule has 1 atom stereocenters. The first kappa shape index (κ1) is 21.5. The first-order valence-corrected chi connectivity index (χ1v) is 9.44. The monoisotopic (exact) mass is 380 g/mol. The van der Waals surface area contributed by atoms with Crippen molar-refractivity contribution in [2.45, 2.75) is 19.9 Å². The lowest BCUT2D eigenvalue weighted by Gasteiger charge is -2.27. The molecule has 0 fully saturated rings. The summed E-state index contributed by atoms with van der Waals surface area (Å²) in [6.07, 6.45) is 0. The number of nitrogens with zero attached hydrogens (tertiary/aromatic N) is 1. The van der Waals surface area contributed by atoms with Crippen molar-refractivity contribution in [1.29, 1.82) is 0 Å². The van der Waals surface area contributed by atoms with E-state index in [-0.39, 0.29) is 17.9 Å². The quantitative estimate of drug-likeness (QED) is 0.632. The van der Waals surface area contributed by atoms with Crippen molar-refractivity contribution in [1.82, 2.24) is 10.2 Å². The van der Waals surface area contributed by atoms with Crippen molar-refractivity contribution >= 4 is 5.91 Å². The maximum Gasteiger partial charge on any atom is 0.234 e. The van der Waals surface area contributed by atoms with Crippen LogP contribution in [0.5, 0.6) is 11.5 Å². The van der Waals surface area contributed by atoms with Crippen LogP contribution in [0.25, 0.3) is 0 Å². The van der Waals surface area contributed by atoms with Crippen molar-refractivity contribution in [3.63, 3.8) is 0 Å². The molecule has 27 heavy (non-hydrogen) atoms. The van der Waals surface area contributed by atoms with E-state index >= 15 is 0 Å². The van der Waals surface area contributed by atoms with E-state index in [4.69, 9.17) is 18.9 Å². The first-order chi connectivity index (χ1) is 13.0. The SMILES string of the molecule is COCCN(CCOC)CC(=O)N[C@H](c1ccc2c(c1)OCCO2)C(C)C. The van der Waals surface area contributed by atoms with Crippen molar-refractivity contribution in [3.05, 3.63) is 23.8 Å². The number of nitrogens with one attached hydrogen (secondary N) is 1. The minimum atomic E-state index is -0.0972. The number of hydrogen-bond acceptors (Lipinski definition) is 6. The molecule has 0 aliphatic carbocycles. The lowest BCUT2D eigenvalue weighted by molar-refractivity contribution is -0.123. The van der Waals surface area contributed by atoms with E-state index in [0.29, 0.717) is 46.1 Å². The van der Waals surface area contributed by atoms with Crippen molar-refractivity contribution in [2.75, 3.05) is 60.3 Å². The molecule has 1 aliphatic rings. The van der Waals surface area contributed by atoms with Crippen LogP contribution in [0, 0.1) is 5.92 Å². The van der Waals surface area contributed by atoms with Gasteiger partial charge in [0.25, 0.3) is 0 Å². The van der Waals surface area contributed by atoms with Gasteiger partial charge in [-0.25, -0.2) is 0 Å². The molecular formula is C20H32N2O5. The van der Waals surface area contributed by atoms with Crippen LogP contribution in [0.15, 0.2) is 18.2 Å². The van der Waals surface area contributed by atoms with Gasteiger partial charge in [0.15, 0.2) is 11.5 Å². The molecule has 7 heteroatoms. The van der Waals surface area contributed by atoms with Crippen molar-refractivity contribution < 1.29 is 23.7 Å². The number of hydrogen-bond donors (Lipinski definition) is 1. The Morgan fingerprint density at radius 3 is 2.33 bits per heavy atom. The number of carbonyl (C=O) groups excluding carboxylic acids is 1. The third-order valence-electron chi connectivity index (χ3n) is 4.50. The summed E-state index contributed by atoms with van der Waals surface area (Å²) in [5, 5.41) is 3.16. The number of ether oxygens (including phenoxy) is 4. The summed E-state index contributed by atoms with van der Waals surface area (Å²) in [7, 11) is 3.32. The summed E-state index contributed by atoms with van der Waals surface area (Å²) in [5.74, 6) is 1.71. The Morgan fingerprint density at radius 2 is 1.74 bits per heavy atom. The molecule has 0 saturated heterocycles. The fourth-order valence-corrected chi connectivity index (χ4v) is 3.02. The normalized spacial score (nSPS) is 14.4. The van der Waals surface area contributed by atoms with E-state index in [1.54, 1.807) is 14.2 Å². The molecule has 1 amide bonds. The van der Waals surface area contributed by atoms with Gasteiger partial charge in [0, 0.05) is 27.3 Å². The minimum absolute atomic E-state index is 0.0178. The van der Waals surface area contributed by atoms with Crippen LogP contribution in [-0.2, 0) is 14.3 Å². The molecule has 7 nitrogen and oxygen atoms in total. The second-order valence-electron chi connectivity index (χ2n) is 6.95. The summed E-state index contributed by atoms with van der Waals surface area (Å²) < 4.78 is 21.5. The second kappa shape index (κ2) is 11.1. The van der Waals surface area contributed by atoms with Crippen LogP contribution in [0.3, 0.4) is 0 Å². The highest BCUT2D eigenvalue weighted by molar-refractivity contribution is 5.78. The van der Waals surface area contributed by atoms with Crippen LogP contribution in [0.2, 0.25) is 0 Å². The lowest BCUT2D eigenvalue weighted by atomic mass is 9.95. The van der Waals surface area contributed by atoms with E-state index in [9.17, 15) is 4.79 Å². The number of methoxy groups -OCH3 is 2. The van der Waals surface area contributed by atoms with E-state index in [2.05, 4.69) is 19.2 Å². The third-order valence-corrected chi connectivity index (χ3v) is 4.50. The topological polar surface area (TPSA) is 69.3 Å². The number of benzene rings is 1. The van der Waals surface area contributed by atoms with Crippen LogP contribution in [0.4, 0.5) is 0 Å². The number of rotatable bonds is 11. The van der Waals surface area contributed by atoms with E-state index < -0.39 is 0 Å². The molecule has 152 valence electrons. The number of carbonyl (C=O) groups is 1. The van der Waals surface area contributed by atoms with Crippen LogP contribution in [-0.4, -0.2) is 71.1 Å². The van der Waals surface area contributed by atoms with E-state index in [0.717, 1.165) is 17.1 Å². The van der Waals surface area contributed by atoms with Gasteiger partial charge in [-0.15, -0.1) is 0 Å². The van der Waals surface area contributed by atoms with Crippen LogP contribution in [0.1, 0.15) is 25.5 Å². The smallest absolute Gasteiger partial charge is 0.234 e. The molecular weight excluding hydrogens is 348 g/mol. The minimum Gasteiger partial charge on any atom is -0.486 e. The van der Waals surface area contributed by atoms with Gasteiger partial charge < -0.3 is 24.3 Å². The fraction of sp³-hybridized carbons (Fsp3) is 0.650. The van der Waals surface area contributed by atoms with Gasteiger partial charge in [-0.1, -0.05) is 19.9 Å². The van der Waals surface area contributed by atoms with Gasteiger partial charge in [-0.3, -0.25) is 9.69 Å². The Morgan fingerprint density at radius 1 is 1.11 bits per heavy atom. The largest absolute Gasteiger partial charge is 0.486 e. The summed E-state index contributed by atoms with van der Waals surface area (Å²) in [6, 6.07) is 5.77. The first-order valence-electron chi connectivity index (χ1n) is 9.44. The van der Waals surface area contributed by atoms with Gasteiger partial charge in [0.1, 0.15) is 13.2 Å². The molecule has 1 N–H and O–H groups in total. The summed E-state index contributed by atoms with van der Waals surface area (Å²) in [6.45, 7) is 8.12. The Hall–Kier alpha value is -1.83. The van der Waals surface area contributed by atoms with Crippen LogP contribution < -0.4 is 14.8 Å². The van der Waals surface area contributed by atoms with Crippen LogP contribution >= 0.6 is 0 Å². The average molecular weight is 380 g/mol. The second-order valence-corrected chi connectivity index (χ2v) is 6.95. The molecule has 0 saturated carbocycles. The Kier molecular flexibility index (Phi) is 8.84. The van der Waals surface area contributed by atoms with Gasteiger partial charge in [0.2, 0.25) is 5.91 Å². The molecule has 0 radical (unpaired) electrons. The van der Waals surface area contributed by atoms with E-state index in [1.807, 2.05) is 23.1 Å². The molecule has 0 aromatic heterocycles. The van der Waals surface area contributed by atoms with Gasteiger partial charge in [-0.05, 0) is 23.6 Å². The predicted octanol–water partition coefficient (Wildman–Crippen LogP) is 1.87. The number of fused-ring (bicyclic) bond motifs is 1. The Balaban J connectivity index is 2.02. The highest BCUT2D eigenvalue weighted by Gasteiger charge is 2.22. The molecule has 2 rings (SSSR count). The highest BCUT2D eigenvalue weighted by atomic mass is 16.6. The lowest BCUT2D eigenvalue weighted by Crippen LogP contribution is -2.42. The molecule has 1 aromatic carbocycles. The van der Waals surface area contributed by atoms with Crippen molar-refractivity contribution in [2.24, 2.45) is 5.92 Å². The molecule has 1 heterocycles. The van der Waals surface area contributed by atoms with Gasteiger partial charge >= 0.3 is 0 Å². The van der Waals surface area contributed by atoms with E-state index in [1.165, 1.54) is 0 Å². The Labute approximate surface area is 161 Å². The maximum atomic E-state index is 12.7. The zero-order valence-electron chi connectivity index (χ0n) is 16.8. The van der Waals surface area contributed by atoms with Gasteiger partial charge in [-0.2, -0.15) is 0 Å². The molecule has 0 spiro atoms. The Bertz CT molecular complexity index is 586. The average Bonchev–Trinajstić information content (AvgIpc) is 2.67.